The van der Waals surface area contributed by atoms with Gasteiger partial charge in [-0.3, -0.25) is 4.79 Å². The summed E-state index contributed by atoms with van der Waals surface area (Å²) in [5, 5.41) is 4.54. The minimum Gasteiger partial charge on any atom is -0.497 e. The Kier molecular flexibility index (Phi) is 12.4. The molecule has 0 radical (unpaired) electrons. The summed E-state index contributed by atoms with van der Waals surface area (Å²) in [5.41, 5.74) is 5.73. The lowest BCUT2D eigenvalue weighted by atomic mass is 9.96. The van der Waals surface area contributed by atoms with Gasteiger partial charge in [-0.05, 0) is 72.6 Å². The molecule has 5 aromatic rings. The Morgan fingerprint density at radius 1 is 0.818 bits per heavy atom. The van der Waals surface area contributed by atoms with Gasteiger partial charge in [0, 0.05) is 59.0 Å². The Balaban J connectivity index is 1.74. The number of anilines is 1. The van der Waals surface area contributed by atoms with Crippen LogP contribution in [0, 0.1) is 0 Å². The number of esters is 1. The van der Waals surface area contributed by atoms with E-state index < -0.39 is 19.8 Å². The average molecular weight is 770 g/mol. The van der Waals surface area contributed by atoms with E-state index >= 15 is 0 Å². The van der Waals surface area contributed by atoms with Crippen molar-refractivity contribution in [2.45, 2.75) is 71.9 Å². The van der Waals surface area contributed by atoms with Gasteiger partial charge < -0.3 is 42.6 Å². The highest BCUT2D eigenvalue weighted by molar-refractivity contribution is 6.74. The number of nitrogens with zero attached hydrogens (tertiary/aromatic N) is 2. The Labute approximate surface area is 325 Å². The van der Waals surface area contributed by atoms with Crippen LogP contribution in [-0.4, -0.2) is 59.0 Å². The topological polar surface area (TPSA) is 111 Å². The van der Waals surface area contributed by atoms with Crippen LogP contribution in [0.1, 0.15) is 60.4 Å². The predicted octanol–water partition coefficient (Wildman–Crippen LogP) is 8.57. The summed E-state index contributed by atoms with van der Waals surface area (Å²) in [6.45, 7) is 14.1. The zero-order valence-electron chi connectivity index (χ0n) is 34.3. The summed E-state index contributed by atoms with van der Waals surface area (Å²) < 4.78 is 38.0. The van der Waals surface area contributed by atoms with Crippen LogP contribution in [0.25, 0.3) is 22.2 Å². The van der Waals surface area contributed by atoms with Gasteiger partial charge in [0.2, 0.25) is 0 Å². The van der Waals surface area contributed by atoms with E-state index in [2.05, 4.69) is 69.0 Å². The second kappa shape index (κ2) is 16.7. The molecule has 0 aliphatic rings. The van der Waals surface area contributed by atoms with Crippen molar-refractivity contribution in [1.29, 1.82) is 0 Å². The van der Waals surface area contributed by atoms with Crippen LogP contribution in [-0.2, 0) is 42.3 Å². The number of hydrogen-bond acceptors (Lipinski definition) is 9. The molecule has 1 N–H and O–H groups in total. The molecule has 11 nitrogen and oxygen atoms in total. The molecule has 0 bridgehead atoms. The molecule has 0 fully saturated rings. The van der Waals surface area contributed by atoms with Crippen molar-refractivity contribution >= 4 is 30.9 Å². The Morgan fingerprint density at radius 3 is 2.00 bits per heavy atom. The fraction of sp³-hybridized carbons (Fsp3) is 0.395. The van der Waals surface area contributed by atoms with Gasteiger partial charge in [0.1, 0.15) is 28.6 Å². The largest absolute Gasteiger partial charge is 0.497 e. The maximum Gasteiger partial charge on any atom is 0.345 e. The van der Waals surface area contributed by atoms with Crippen molar-refractivity contribution in [3.63, 3.8) is 0 Å². The smallest absolute Gasteiger partial charge is 0.345 e. The molecule has 0 aliphatic carbocycles. The number of carbonyl (C=O) groups excluding carboxylic acids is 1. The van der Waals surface area contributed by atoms with Gasteiger partial charge in [-0.1, -0.05) is 33.8 Å². The van der Waals surface area contributed by atoms with E-state index in [1.807, 2.05) is 37.3 Å². The van der Waals surface area contributed by atoms with Gasteiger partial charge in [0.25, 0.3) is 5.56 Å². The van der Waals surface area contributed by atoms with E-state index in [0.29, 0.717) is 47.4 Å². The first-order valence-electron chi connectivity index (χ1n) is 18.4. The van der Waals surface area contributed by atoms with Gasteiger partial charge in [0.05, 0.1) is 60.1 Å². The molecule has 0 aliphatic heterocycles. The second-order valence-corrected chi connectivity index (χ2v) is 19.8. The van der Waals surface area contributed by atoms with E-state index in [-0.39, 0.29) is 23.7 Å². The average Bonchev–Trinajstić information content (AvgIpc) is 3.49. The van der Waals surface area contributed by atoms with Crippen molar-refractivity contribution in [2.75, 3.05) is 40.9 Å². The van der Waals surface area contributed by atoms with Crippen molar-refractivity contribution in [2.24, 2.45) is 7.05 Å². The third-order valence-electron chi connectivity index (χ3n) is 10.9. The summed E-state index contributed by atoms with van der Waals surface area (Å²) in [5.74, 6) is 1.68. The third-order valence-corrected chi connectivity index (χ3v) is 15.4. The monoisotopic (exact) mass is 769 g/mol. The molecule has 3 aromatic carbocycles. The van der Waals surface area contributed by atoms with Crippen LogP contribution >= 0.6 is 0 Å². The molecule has 0 spiro atoms. The van der Waals surface area contributed by atoms with Gasteiger partial charge in [-0.25, -0.2) is 4.79 Å². The van der Waals surface area contributed by atoms with Crippen molar-refractivity contribution in [1.82, 2.24) is 9.13 Å². The standard InChI is InChI=1S/C43H55N3O8Si/c1-13-34-39(44-24-28-14-17-32(49-6)22-36(28)51-8)38(42(48)53-10)41(47)46(25-29-15-18-33(50-7)23-37(29)52-9)40(34)27-16-19-35-30(20-27)21-31(45(35)5)26-54-55(11,12)43(2,3)4/h14-23,44H,13,24-26H2,1-12H3. The van der Waals surface area contributed by atoms with E-state index in [9.17, 15) is 9.59 Å². The first-order chi connectivity index (χ1) is 26.1. The van der Waals surface area contributed by atoms with Crippen LogP contribution in [0.2, 0.25) is 18.1 Å². The predicted molar refractivity (Wildman–Crippen MR) is 221 cm³/mol. The molecular weight excluding hydrogens is 715 g/mol. The molecule has 0 unspecified atom stereocenters. The van der Waals surface area contributed by atoms with Gasteiger partial charge in [-0.15, -0.1) is 0 Å². The molecular formula is C43H55N3O8Si. The van der Waals surface area contributed by atoms with Crippen molar-refractivity contribution in [3.8, 4) is 34.3 Å². The minimum atomic E-state index is -2.00. The summed E-state index contributed by atoms with van der Waals surface area (Å²) in [7, 11) is 7.69. The number of methoxy groups -OCH3 is 5. The number of ether oxygens (including phenoxy) is 5. The normalized spacial score (nSPS) is 11.8. The molecule has 0 atom stereocenters. The van der Waals surface area contributed by atoms with Gasteiger partial charge >= 0.3 is 5.97 Å². The lowest BCUT2D eigenvalue weighted by Gasteiger charge is -2.36. The number of pyridine rings is 1. The van der Waals surface area contributed by atoms with E-state index in [1.165, 1.54) is 7.11 Å². The quantitative estimate of drug-likeness (QED) is 0.0827. The summed E-state index contributed by atoms with van der Waals surface area (Å²) in [4.78, 5) is 28.5. The maximum atomic E-state index is 14.9. The molecule has 294 valence electrons. The first-order valence-corrected chi connectivity index (χ1v) is 21.3. The van der Waals surface area contributed by atoms with Crippen LogP contribution in [0.15, 0.2) is 65.5 Å². The zero-order valence-corrected chi connectivity index (χ0v) is 35.3. The maximum absolute atomic E-state index is 14.9. The molecule has 0 amide bonds. The molecule has 5 rings (SSSR count). The number of nitrogens with one attached hydrogen (secondary N) is 1. The van der Waals surface area contributed by atoms with E-state index in [4.69, 9.17) is 28.1 Å². The number of benzene rings is 3. The summed E-state index contributed by atoms with van der Waals surface area (Å²) in [6.07, 6.45) is 0.486. The number of carbonyl (C=O) groups is 1. The molecule has 12 heteroatoms. The third kappa shape index (κ3) is 8.25. The number of aryl methyl sites for hydroxylation is 1. The molecule has 2 aromatic heterocycles. The van der Waals surface area contributed by atoms with Crippen LogP contribution in [0.4, 0.5) is 5.69 Å². The molecule has 2 heterocycles. The molecule has 55 heavy (non-hydrogen) atoms. The van der Waals surface area contributed by atoms with E-state index in [0.717, 1.165) is 38.9 Å². The number of aromatic nitrogens is 2. The molecule has 0 saturated carbocycles. The highest BCUT2D eigenvalue weighted by Gasteiger charge is 2.37. The van der Waals surface area contributed by atoms with Crippen LogP contribution < -0.4 is 29.8 Å². The minimum absolute atomic E-state index is 0.0815. The Bertz CT molecular complexity index is 2250. The Morgan fingerprint density at radius 2 is 1.44 bits per heavy atom. The van der Waals surface area contributed by atoms with Crippen molar-refractivity contribution < 1.29 is 32.9 Å². The fourth-order valence-electron chi connectivity index (χ4n) is 6.58. The SMILES string of the molecule is CCc1c(NCc2ccc(OC)cc2OC)c(C(=O)OC)c(=O)n(Cc2ccc(OC)cc2OC)c1-c1ccc2c(c1)cc(CO[Si](C)(C)C(C)(C)C)n2C. The highest BCUT2D eigenvalue weighted by Crippen LogP contribution is 2.39. The van der Waals surface area contributed by atoms with Crippen molar-refractivity contribution in [3.05, 3.63) is 99.0 Å². The summed E-state index contributed by atoms with van der Waals surface area (Å²) in [6, 6.07) is 19.4. The van der Waals surface area contributed by atoms with E-state index in [1.54, 1.807) is 45.1 Å². The summed E-state index contributed by atoms with van der Waals surface area (Å²) >= 11 is 0. The van der Waals surface area contributed by atoms with Crippen LogP contribution in [0.5, 0.6) is 23.0 Å². The van der Waals surface area contributed by atoms with Gasteiger partial charge in [0.15, 0.2) is 8.32 Å². The fourth-order valence-corrected chi connectivity index (χ4v) is 7.53. The number of hydrogen-bond donors (Lipinski definition) is 1. The van der Waals surface area contributed by atoms with Crippen LogP contribution in [0.3, 0.4) is 0 Å². The number of rotatable bonds is 15. The van der Waals surface area contributed by atoms with Gasteiger partial charge in [-0.2, -0.15) is 0 Å². The first kappa shape index (κ1) is 41.0. The second-order valence-electron chi connectivity index (χ2n) is 15.0. The number of fused-ring (bicyclic) bond motifs is 1. The zero-order chi connectivity index (χ0) is 40.2. The lowest BCUT2D eigenvalue weighted by Crippen LogP contribution is -2.40. The lowest BCUT2D eigenvalue weighted by molar-refractivity contribution is 0.0599. The Hall–Kier alpha value is -5.20. The molecule has 0 saturated heterocycles. The highest BCUT2D eigenvalue weighted by atomic mass is 28.4.